The standard InChI is InChI=1S/C11H8F3NO3/c1-17-8-4-6(10-15-5-9(16)18-10)2-3-7(8)11(12,13)14/h2-4H,5H2,1H3. The van der Waals surface area contributed by atoms with E-state index in [-0.39, 0.29) is 23.8 Å². The van der Waals surface area contributed by atoms with Crippen LogP contribution in [0, 0.1) is 0 Å². The molecule has 18 heavy (non-hydrogen) atoms. The number of carbonyl (C=O) groups excluding carboxylic acids is 1. The van der Waals surface area contributed by atoms with Crippen molar-refractivity contribution in [2.75, 3.05) is 13.7 Å². The molecule has 0 spiro atoms. The zero-order valence-electron chi connectivity index (χ0n) is 9.25. The van der Waals surface area contributed by atoms with Gasteiger partial charge in [-0.3, -0.25) is 0 Å². The van der Waals surface area contributed by atoms with Gasteiger partial charge in [0.05, 0.1) is 12.7 Å². The van der Waals surface area contributed by atoms with Crippen LogP contribution < -0.4 is 4.74 Å². The number of alkyl halides is 3. The van der Waals surface area contributed by atoms with Gasteiger partial charge in [0.1, 0.15) is 12.3 Å². The molecule has 0 saturated carbocycles. The summed E-state index contributed by atoms with van der Waals surface area (Å²) >= 11 is 0. The summed E-state index contributed by atoms with van der Waals surface area (Å²) in [5, 5.41) is 0. The Hall–Kier alpha value is -2.05. The van der Waals surface area contributed by atoms with Gasteiger partial charge in [-0.05, 0) is 18.2 Å². The monoisotopic (exact) mass is 259 g/mol. The third-order valence-electron chi connectivity index (χ3n) is 2.32. The lowest BCUT2D eigenvalue weighted by molar-refractivity contribution is -0.138. The highest BCUT2D eigenvalue weighted by Crippen LogP contribution is 2.36. The lowest BCUT2D eigenvalue weighted by atomic mass is 10.1. The van der Waals surface area contributed by atoms with Gasteiger partial charge in [-0.15, -0.1) is 0 Å². The first-order chi connectivity index (χ1) is 8.41. The molecule has 0 N–H and O–H groups in total. The SMILES string of the molecule is COc1cc(C2=NCC(=O)O2)ccc1C(F)(F)F. The quantitative estimate of drug-likeness (QED) is 0.763. The highest BCUT2D eigenvalue weighted by Gasteiger charge is 2.34. The number of carbonyl (C=O) groups is 1. The second kappa shape index (κ2) is 4.32. The molecule has 1 heterocycles. The van der Waals surface area contributed by atoms with Gasteiger partial charge in [-0.1, -0.05) is 0 Å². The molecule has 0 bridgehead atoms. The Kier molecular flexibility index (Phi) is 2.98. The molecule has 1 aromatic carbocycles. The van der Waals surface area contributed by atoms with E-state index < -0.39 is 17.7 Å². The Morgan fingerprint density at radius 1 is 1.39 bits per heavy atom. The average Bonchev–Trinajstić information content (AvgIpc) is 2.74. The number of benzene rings is 1. The predicted molar refractivity (Wildman–Crippen MR) is 55.5 cm³/mol. The molecule has 2 rings (SSSR count). The van der Waals surface area contributed by atoms with Crippen LogP contribution in [0.3, 0.4) is 0 Å². The van der Waals surface area contributed by atoms with Crippen molar-refractivity contribution >= 4 is 11.9 Å². The minimum atomic E-state index is -4.50. The maximum absolute atomic E-state index is 12.6. The van der Waals surface area contributed by atoms with Crippen molar-refractivity contribution in [1.29, 1.82) is 0 Å². The van der Waals surface area contributed by atoms with Crippen LogP contribution in [0.5, 0.6) is 5.75 Å². The number of ether oxygens (including phenoxy) is 2. The molecule has 0 aliphatic carbocycles. The van der Waals surface area contributed by atoms with Crippen molar-refractivity contribution in [1.82, 2.24) is 0 Å². The van der Waals surface area contributed by atoms with Crippen LogP contribution in [0.15, 0.2) is 23.2 Å². The third kappa shape index (κ3) is 2.29. The normalized spacial score (nSPS) is 15.3. The summed E-state index contributed by atoms with van der Waals surface area (Å²) in [6.07, 6.45) is -4.50. The Morgan fingerprint density at radius 2 is 2.11 bits per heavy atom. The van der Waals surface area contributed by atoms with E-state index in [4.69, 9.17) is 4.74 Å². The molecular weight excluding hydrogens is 251 g/mol. The van der Waals surface area contributed by atoms with Crippen LogP contribution in [-0.4, -0.2) is 25.5 Å². The second-order valence-electron chi connectivity index (χ2n) is 3.51. The minimum Gasteiger partial charge on any atom is -0.496 e. The van der Waals surface area contributed by atoms with E-state index in [1.54, 1.807) is 0 Å². The number of methoxy groups -OCH3 is 1. The van der Waals surface area contributed by atoms with Crippen LogP contribution in [0.4, 0.5) is 13.2 Å². The van der Waals surface area contributed by atoms with Gasteiger partial charge in [-0.2, -0.15) is 13.2 Å². The van der Waals surface area contributed by atoms with Crippen molar-refractivity contribution in [3.05, 3.63) is 29.3 Å². The first kappa shape index (κ1) is 12.4. The van der Waals surface area contributed by atoms with Gasteiger partial charge < -0.3 is 9.47 Å². The molecule has 1 aliphatic heterocycles. The number of esters is 1. The zero-order valence-corrected chi connectivity index (χ0v) is 9.25. The summed E-state index contributed by atoms with van der Waals surface area (Å²) in [4.78, 5) is 14.6. The molecule has 0 atom stereocenters. The summed E-state index contributed by atoms with van der Waals surface area (Å²) < 4.78 is 47.3. The summed E-state index contributed by atoms with van der Waals surface area (Å²) in [6, 6.07) is 3.19. The number of hydrogen-bond donors (Lipinski definition) is 0. The van der Waals surface area contributed by atoms with E-state index in [2.05, 4.69) is 9.73 Å². The summed E-state index contributed by atoms with van der Waals surface area (Å²) in [7, 11) is 1.14. The second-order valence-corrected chi connectivity index (χ2v) is 3.51. The number of cyclic esters (lactones) is 1. The first-order valence-corrected chi connectivity index (χ1v) is 4.92. The summed E-state index contributed by atoms with van der Waals surface area (Å²) in [6.45, 7) is -0.126. The fraction of sp³-hybridized carbons (Fsp3) is 0.273. The lowest BCUT2D eigenvalue weighted by Crippen LogP contribution is -2.10. The zero-order chi connectivity index (χ0) is 13.3. The number of aliphatic imine (C=N–C) groups is 1. The Bertz CT molecular complexity index is 523. The molecule has 7 heteroatoms. The van der Waals surface area contributed by atoms with Gasteiger partial charge >= 0.3 is 12.1 Å². The molecule has 0 unspecified atom stereocenters. The van der Waals surface area contributed by atoms with Gasteiger partial charge in [0.25, 0.3) is 0 Å². The van der Waals surface area contributed by atoms with Crippen molar-refractivity contribution in [2.45, 2.75) is 6.18 Å². The van der Waals surface area contributed by atoms with Gasteiger partial charge in [-0.25, -0.2) is 9.79 Å². The van der Waals surface area contributed by atoms with E-state index in [1.807, 2.05) is 0 Å². The van der Waals surface area contributed by atoms with Crippen LogP contribution >= 0.6 is 0 Å². The molecule has 96 valence electrons. The fourth-order valence-electron chi connectivity index (χ4n) is 1.52. The largest absolute Gasteiger partial charge is 0.496 e. The Labute approximate surface area is 100 Å². The van der Waals surface area contributed by atoms with Crippen LogP contribution in [0.25, 0.3) is 0 Å². The number of halogens is 3. The molecule has 1 aliphatic rings. The first-order valence-electron chi connectivity index (χ1n) is 4.92. The lowest BCUT2D eigenvalue weighted by Gasteiger charge is -2.12. The minimum absolute atomic E-state index is 0.00650. The fourth-order valence-corrected chi connectivity index (χ4v) is 1.52. The van der Waals surface area contributed by atoms with E-state index in [0.717, 1.165) is 19.2 Å². The third-order valence-corrected chi connectivity index (χ3v) is 2.32. The van der Waals surface area contributed by atoms with Crippen molar-refractivity contribution < 1.29 is 27.4 Å². The molecule has 0 aromatic heterocycles. The molecule has 1 aromatic rings. The molecule has 0 radical (unpaired) electrons. The van der Waals surface area contributed by atoms with E-state index >= 15 is 0 Å². The van der Waals surface area contributed by atoms with Crippen molar-refractivity contribution in [2.24, 2.45) is 4.99 Å². The predicted octanol–water partition coefficient (Wildman–Crippen LogP) is 2.02. The van der Waals surface area contributed by atoms with E-state index in [9.17, 15) is 18.0 Å². The Balaban J connectivity index is 2.39. The topological polar surface area (TPSA) is 47.9 Å². The molecular formula is C11H8F3NO3. The summed E-state index contributed by atoms with van der Waals surface area (Å²) in [5.74, 6) is -0.874. The maximum Gasteiger partial charge on any atom is 0.419 e. The van der Waals surface area contributed by atoms with Crippen LogP contribution in [-0.2, 0) is 15.7 Å². The maximum atomic E-state index is 12.6. The van der Waals surface area contributed by atoms with Gasteiger partial charge in [0.2, 0.25) is 5.90 Å². The van der Waals surface area contributed by atoms with E-state index in [0.29, 0.717) is 0 Å². The number of rotatable bonds is 2. The van der Waals surface area contributed by atoms with Crippen LogP contribution in [0.1, 0.15) is 11.1 Å². The van der Waals surface area contributed by atoms with Crippen LogP contribution in [0.2, 0.25) is 0 Å². The van der Waals surface area contributed by atoms with Gasteiger partial charge in [0, 0.05) is 5.56 Å². The van der Waals surface area contributed by atoms with Crippen molar-refractivity contribution in [3.8, 4) is 5.75 Å². The smallest absolute Gasteiger partial charge is 0.419 e. The highest BCUT2D eigenvalue weighted by atomic mass is 19.4. The number of hydrogen-bond acceptors (Lipinski definition) is 4. The molecule has 0 saturated heterocycles. The Morgan fingerprint density at radius 3 is 2.61 bits per heavy atom. The summed E-state index contributed by atoms with van der Waals surface area (Å²) in [5.41, 5.74) is -0.621. The molecule has 0 fully saturated rings. The highest BCUT2D eigenvalue weighted by molar-refractivity contribution is 6.05. The molecule has 4 nitrogen and oxygen atoms in total. The number of nitrogens with zero attached hydrogens (tertiary/aromatic N) is 1. The average molecular weight is 259 g/mol. The van der Waals surface area contributed by atoms with E-state index in [1.165, 1.54) is 6.07 Å². The molecule has 0 amide bonds. The van der Waals surface area contributed by atoms with Gasteiger partial charge in [0.15, 0.2) is 0 Å². The van der Waals surface area contributed by atoms with Crippen molar-refractivity contribution in [3.63, 3.8) is 0 Å².